The summed E-state index contributed by atoms with van der Waals surface area (Å²) in [5.41, 5.74) is 3.47. The maximum atomic E-state index is 12.3. The van der Waals surface area contributed by atoms with Crippen LogP contribution in [-0.2, 0) is 17.9 Å². The van der Waals surface area contributed by atoms with Gasteiger partial charge in [-0.2, -0.15) is 0 Å². The Morgan fingerprint density at radius 3 is 2.64 bits per heavy atom. The fourth-order valence-corrected chi connectivity index (χ4v) is 3.88. The first-order valence-corrected chi connectivity index (χ1v) is 8.97. The molecule has 5 heteroatoms. The molecule has 130 valence electrons. The number of nitrogens with zero attached hydrogens (tertiary/aromatic N) is 2. The SMILES string of the molecule is O=C1CC2(CCN(Cc3ccncc3)CC2)Nc2ccccc2CN1. The molecule has 0 aliphatic carbocycles. The lowest BCUT2D eigenvalue weighted by Crippen LogP contribution is -2.52. The van der Waals surface area contributed by atoms with E-state index < -0.39 is 0 Å². The van der Waals surface area contributed by atoms with Crippen molar-refractivity contribution in [1.82, 2.24) is 15.2 Å². The van der Waals surface area contributed by atoms with E-state index in [1.54, 1.807) is 0 Å². The summed E-state index contributed by atoms with van der Waals surface area (Å²) < 4.78 is 0. The second-order valence-electron chi connectivity index (χ2n) is 7.15. The first-order valence-electron chi connectivity index (χ1n) is 8.97. The third-order valence-corrected chi connectivity index (χ3v) is 5.36. The number of para-hydroxylation sites is 1. The number of carbonyl (C=O) groups excluding carboxylic acids is 1. The van der Waals surface area contributed by atoms with Gasteiger partial charge in [-0.15, -0.1) is 0 Å². The van der Waals surface area contributed by atoms with Crippen molar-refractivity contribution in [1.29, 1.82) is 0 Å². The number of nitrogens with one attached hydrogen (secondary N) is 2. The Labute approximate surface area is 148 Å². The molecule has 0 saturated carbocycles. The van der Waals surface area contributed by atoms with Crippen LogP contribution in [0.5, 0.6) is 0 Å². The minimum atomic E-state index is -0.144. The molecule has 0 radical (unpaired) electrons. The lowest BCUT2D eigenvalue weighted by molar-refractivity contribution is -0.122. The van der Waals surface area contributed by atoms with E-state index in [1.165, 1.54) is 5.56 Å². The summed E-state index contributed by atoms with van der Waals surface area (Å²) in [6.07, 6.45) is 6.18. The number of carbonyl (C=O) groups is 1. The first-order chi connectivity index (χ1) is 12.2. The third-order valence-electron chi connectivity index (χ3n) is 5.36. The van der Waals surface area contributed by atoms with Gasteiger partial charge in [-0.25, -0.2) is 0 Å². The summed E-state index contributed by atoms with van der Waals surface area (Å²) in [5.74, 6) is 0.143. The number of pyridine rings is 1. The van der Waals surface area contributed by atoms with Gasteiger partial charge in [0.25, 0.3) is 0 Å². The molecule has 1 aromatic heterocycles. The second-order valence-corrected chi connectivity index (χ2v) is 7.15. The molecule has 2 aliphatic rings. The van der Waals surface area contributed by atoms with Gasteiger partial charge in [0.2, 0.25) is 5.91 Å². The Morgan fingerprint density at radius 2 is 1.84 bits per heavy atom. The lowest BCUT2D eigenvalue weighted by Gasteiger charge is -2.44. The molecule has 1 aromatic carbocycles. The smallest absolute Gasteiger partial charge is 0.222 e. The predicted molar refractivity (Wildman–Crippen MR) is 98.0 cm³/mol. The standard InChI is InChI=1S/C20H24N4O/c25-19-13-20(23-18-4-2-1-3-17(18)14-22-19)7-11-24(12-8-20)15-16-5-9-21-10-6-16/h1-6,9-10,23H,7-8,11-15H2,(H,22,25). The molecule has 0 atom stereocenters. The fourth-order valence-electron chi connectivity index (χ4n) is 3.88. The summed E-state index contributed by atoms with van der Waals surface area (Å²) in [6.45, 7) is 3.53. The topological polar surface area (TPSA) is 57.3 Å². The summed E-state index contributed by atoms with van der Waals surface area (Å²) in [7, 11) is 0. The number of aromatic nitrogens is 1. The number of rotatable bonds is 2. The van der Waals surface area contributed by atoms with Crippen molar-refractivity contribution >= 4 is 11.6 Å². The maximum absolute atomic E-state index is 12.3. The average Bonchev–Trinajstić information content (AvgIpc) is 2.63. The molecule has 1 amide bonds. The molecule has 1 fully saturated rings. The number of anilines is 1. The monoisotopic (exact) mass is 336 g/mol. The van der Waals surface area contributed by atoms with Crippen molar-refractivity contribution in [2.24, 2.45) is 0 Å². The second kappa shape index (κ2) is 6.84. The zero-order valence-corrected chi connectivity index (χ0v) is 14.4. The molecule has 1 spiro atoms. The van der Waals surface area contributed by atoms with Gasteiger partial charge in [-0.3, -0.25) is 14.7 Å². The molecule has 0 unspecified atom stereocenters. The van der Waals surface area contributed by atoms with Crippen LogP contribution < -0.4 is 10.6 Å². The van der Waals surface area contributed by atoms with Gasteiger partial charge in [-0.1, -0.05) is 18.2 Å². The zero-order valence-electron chi connectivity index (χ0n) is 14.4. The van der Waals surface area contributed by atoms with Crippen LogP contribution >= 0.6 is 0 Å². The van der Waals surface area contributed by atoms with Gasteiger partial charge in [0, 0.05) is 56.2 Å². The van der Waals surface area contributed by atoms with E-state index in [-0.39, 0.29) is 11.4 Å². The molecule has 5 nitrogen and oxygen atoms in total. The van der Waals surface area contributed by atoms with Gasteiger partial charge < -0.3 is 10.6 Å². The van der Waals surface area contributed by atoms with Crippen LogP contribution in [0.25, 0.3) is 0 Å². The summed E-state index contributed by atoms with van der Waals surface area (Å²) in [4.78, 5) is 18.9. The Balaban J connectivity index is 1.48. The Kier molecular flexibility index (Phi) is 4.40. The molecule has 25 heavy (non-hydrogen) atoms. The lowest BCUT2D eigenvalue weighted by atomic mass is 9.82. The van der Waals surface area contributed by atoms with Crippen LogP contribution in [-0.4, -0.2) is 34.4 Å². The van der Waals surface area contributed by atoms with E-state index in [4.69, 9.17) is 0 Å². The van der Waals surface area contributed by atoms with E-state index >= 15 is 0 Å². The van der Waals surface area contributed by atoms with Gasteiger partial charge in [0.05, 0.1) is 0 Å². The Bertz CT molecular complexity index is 738. The number of amides is 1. The van der Waals surface area contributed by atoms with E-state index in [0.29, 0.717) is 13.0 Å². The van der Waals surface area contributed by atoms with Crippen LogP contribution in [0.4, 0.5) is 5.69 Å². The quantitative estimate of drug-likeness (QED) is 0.885. The van der Waals surface area contributed by atoms with Gasteiger partial charge in [-0.05, 0) is 42.2 Å². The molecule has 4 rings (SSSR count). The van der Waals surface area contributed by atoms with Gasteiger partial charge in [0.15, 0.2) is 0 Å². The Hall–Kier alpha value is -2.40. The number of fused-ring (bicyclic) bond motifs is 1. The highest BCUT2D eigenvalue weighted by Gasteiger charge is 2.37. The third kappa shape index (κ3) is 3.66. The number of hydrogen-bond donors (Lipinski definition) is 2. The maximum Gasteiger partial charge on any atom is 0.222 e. The summed E-state index contributed by atoms with van der Waals surface area (Å²) in [6, 6.07) is 12.4. The highest BCUT2D eigenvalue weighted by molar-refractivity contribution is 5.79. The number of benzene rings is 1. The summed E-state index contributed by atoms with van der Waals surface area (Å²) >= 11 is 0. The molecule has 3 heterocycles. The Morgan fingerprint density at radius 1 is 1.08 bits per heavy atom. The number of hydrogen-bond acceptors (Lipinski definition) is 4. The summed E-state index contributed by atoms with van der Waals surface area (Å²) in [5, 5.41) is 6.80. The molecular formula is C20H24N4O. The van der Waals surface area contributed by atoms with Crippen LogP contribution in [0.15, 0.2) is 48.8 Å². The molecule has 1 saturated heterocycles. The fraction of sp³-hybridized carbons (Fsp3) is 0.400. The predicted octanol–water partition coefficient (Wildman–Crippen LogP) is 2.55. The number of piperidine rings is 1. The van der Waals surface area contributed by atoms with Crippen molar-refractivity contribution in [3.8, 4) is 0 Å². The molecular weight excluding hydrogens is 312 g/mol. The van der Waals surface area contributed by atoms with E-state index in [9.17, 15) is 4.79 Å². The largest absolute Gasteiger partial charge is 0.379 e. The average molecular weight is 336 g/mol. The van der Waals surface area contributed by atoms with Crippen molar-refractivity contribution < 1.29 is 4.79 Å². The van der Waals surface area contributed by atoms with E-state index in [1.807, 2.05) is 18.5 Å². The molecule has 2 aromatic rings. The highest BCUT2D eigenvalue weighted by atomic mass is 16.1. The van der Waals surface area contributed by atoms with Gasteiger partial charge >= 0.3 is 0 Å². The molecule has 0 bridgehead atoms. The van der Waals surface area contributed by atoms with Crippen LogP contribution in [0, 0.1) is 0 Å². The van der Waals surface area contributed by atoms with E-state index in [2.05, 4.69) is 50.8 Å². The zero-order chi connectivity index (χ0) is 17.1. The minimum Gasteiger partial charge on any atom is -0.379 e. The minimum absolute atomic E-state index is 0.143. The van der Waals surface area contributed by atoms with Crippen LogP contribution in [0.3, 0.4) is 0 Å². The normalized spacial score (nSPS) is 20.1. The molecule has 2 aliphatic heterocycles. The highest BCUT2D eigenvalue weighted by Crippen LogP contribution is 2.33. The van der Waals surface area contributed by atoms with Gasteiger partial charge in [0.1, 0.15) is 0 Å². The van der Waals surface area contributed by atoms with E-state index in [0.717, 1.165) is 43.7 Å². The first kappa shape index (κ1) is 16.1. The van der Waals surface area contributed by atoms with Crippen LogP contribution in [0.1, 0.15) is 30.4 Å². The molecule has 2 N–H and O–H groups in total. The van der Waals surface area contributed by atoms with Crippen molar-refractivity contribution in [3.05, 3.63) is 59.9 Å². The van der Waals surface area contributed by atoms with Crippen LogP contribution in [0.2, 0.25) is 0 Å². The van der Waals surface area contributed by atoms with Crippen molar-refractivity contribution in [2.75, 3.05) is 18.4 Å². The van der Waals surface area contributed by atoms with Crippen molar-refractivity contribution in [3.63, 3.8) is 0 Å². The number of likely N-dealkylation sites (tertiary alicyclic amines) is 1. The van der Waals surface area contributed by atoms with Crippen molar-refractivity contribution in [2.45, 2.75) is 37.9 Å².